The zero-order valence-electron chi connectivity index (χ0n) is 15.6. The molecule has 0 saturated heterocycles. The van der Waals surface area contributed by atoms with E-state index in [1.165, 1.54) is 0 Å². The molecule has 6 heteroatoms. The number of benzene rings is 2. The number of furan rings is 1. The first-order valence-corrected chi connectivity index (χ1v) is 9.08. The molecule has 0 aliphatic rings. The molecule has 0 aliphatic heterocycles. The largest absolute Gasteiger partial charge is 0.459 e. The Hall–Kier alpha value is -3.28. The van der Waals surface area contributed by atoms with Gasteiger partial charge in [0, 0.05) is 28.6 Å². The molecule has 0 unspecified atom stereocenters. The van der Waals surface area contributed by atoms with E-state index in [1.54, 1.807) is 0 Å². The Morgan fingerprint density at radius 3 is 2.85 bits per heavy atom. The zero-order chi connectivity index (χ0) is 19.0. The minimum absolute atomic E-state index is 0.248. The number of fused-ring (bicyclic) bond motifs is 2. The second-order valence-electron chi connectivity index (χ2n) is 6.64. The van der Waals surface area contributed by atoms with Crippen LogP contribution in [0.15, 0.2) is 53.1 Å². The molecule has 2 amide bonds. The lowest BCUT2D eigenvalue weighted by molar-refractivity contribution is 0.248. The van der Waals surface area contributed by atoms with Crippen molar-refractivity contribution in [1.29, 1.82) is 0 Å². The molecule has 2 heterocycles. The lowest BCUT2D eigenvalue weighted by Crippen LogP contribution is -2.31. The highest BCUT2D eigenvalue weighted by atomic mass is 16.3. The summed E-state index contributed by atoms with van der Waals surface area (Å²) in [5.74, 6) is 0.769. The molecule has 0 aliphatic carbocycles. The van der Waals surface area contributed by atoms with E-state index in [-0.39, 0.29) is 12.1 Å². The molecule has 0 radical (unpaired) electrons. The summed E-state index contributed by atoms with van der Waals surface area (Å²) in [5, 5.41) is 12.3. The summed E-state index contributed by atoms with van der Waals surface area (Å²) in [6, 6.07) is 13.1. The number of amides is 2. The molecule has 2 N–H and O–H groups in total. The summed E-state index contributed by atoms with van der Waals surface area (Å²) in [5.41, 5.74) is 3.60. The van der Waals surface area contributed by atoms with E-state index in [2.05, 4.69) is 15.7 Å². The molecule has 4 rings (SSSR count). The van der Waals surface area contributed by atoms with Crippen molar-refractivity contribution in [1.82, 2.24) is 15.1 Å². The van der Waals surface area contributed by atoms with Crippen molar-refractivity contribution in [2.45, 2.75) is 33.4 Å². The van der Waals surface area contributed by atoms with E-state index in [1.807, 2.05) is 74.1 Å². The van der Waals surface area contributed by atoms with Gasteiger partial charge >= 0.3 is 6.03 Å². The standard InChI is InChI=1S/C21H22N4O2/c1-4-25-18-11-16(10-9-15(18)12-22-25)24-21(26)23-14(3)20-13(2)17-7-5-6-8-19(17)27-20/h5-12,14H,4H2,1-3H3,(H2,23,24,26)/t14-/m1/s1. The van der Waals surface area contributed by atoms with Gasteiger partial charge in [-0.05, 0) is 45.0 Å². The van der Waals surface area contributed by atoms with Gasteiger partial charge in [0.2, 0.25) is 0 Å². The van der Waals surface area contributed by atoms with Crippen LogP contribution in [0.2, 0.25) is 0 Å². The van der Waals surface area contributed by atoms with Crippen LogP contribution in [0.5, 0.6) is 0 Å². The SMILES string of the molecule is CCn1ncc2ccc(NC(=O)N[C@H](C)c3oc4ccccc4c3C)cc21. The number of para-hydroxylation sites is 1. The average molecular weight is 362 g/mol. The van der Waals surface area contributed by atoms with Crippen LogP contribution in [0.4, 0.5) is 10.5 Å². The van der Waals surface area contributed by atoms with Gasteiger partial charge in [-0.15, -0.1) is 0 Å². The number of aromatic nitrogens is 2. The highest BCUT2D eigenvalue weighted by Crippen LogP contribution is 2.29. The monoisotopic (exact) mass is 362 g/mol. The summed E-state index contributed by atoms with van der Waals surface area (Å²) in [6.07, 6.45) is 1.83. The van der Waals surface area contributed by atoms with Crippen molar-refractivity contribution in [2.24, 2.45) is 0 Å². The first kappa shape index (κ1) is 17.1. The van der Waals surface area contributed by atoms with Gasteiger partial charge in [-0.3, -0.25) is 4.68 Å². The van der Waals surface area contributed by atoms with E-state index >= 15 is 0 Å². The summed E-state index contributed by atoms with van der Waals surface area (Å²) >= 11 is 0. The molecular weight excluding hydrogens is 340 g/mol. The molecule has 138 valence electrons. The Morgan fingerprint density at radius 1 is 1.26 bits per heavy atom. The molecule has 1 atom stereocenters. The summed E-state index contributed by atoms with van der Waals surface area (Å²) in [6.45, 7) is 6.74. The van der Waals surface area contributed by atoms with E-state index in [9.17, 15) is 4.79 Å². The maximum absolute atomic E-state index is 12.5. The van der Waals surface area contributed by atoms with Crippen molar-refractivity contribution in [3.8, 4) is 0 Å². The highest BCUT2D eigenvalue weighted by molar-refractivity contribution is 5.93. The Kier molecular flexibility index (Phi) is 4.32. The van der Waals surface area contributed by atoms with Crippen LogP contribution in [0.25, 0.3) is 21.9 Å². The smallest absolute Gasteiger partial charge is 0.319 e. The van der Waals surface area contributed by atoms with Gasteiger partial charge in [-0.25, -0.2) is 4.79 Å². The number of urea groups is 1. The predicted molar refractivity (Wildman–Crippen MR) is 107 cm³/mol. The van der Waals surface area contributed by atoms with E-state index < -0.39 is 0 Å². The quantitative estimate of drug-likeness (QED) is 0.537. The fourth-order valence-corrected chi connectivity index (χ4v) is 3.44. The fourth-order valence-electron chi connectivity index (χ4n) is 3.44. The molecule has 0 fully saturated rings. The third kappa shape index (κ3) is 3.14. The van der Waals surface area contributed by atoms with Crippen LogP contribution in [-0.2, 0) is 6.54 Å². The maximum atomic E-state index is 12.5. The van der Waals surface area contributed by atoms with Crippen molar-refractivity contribution >= 4 is 33.6 Å². The fraction of sp³-hybridized carbons (Fsp3) is 0.238. The number of carbonyl (C=O) groups excluding carboxylic acids is 1. The lowest BCUT2D eigenvalue weighted by atomic mass is 10.1. The van der Waals surface area contributed by atoms with Gasteiger partial charge in [-0.2, -0.15) is 5.10 Å². The van der Waals surface area contributed by atoms with Gasteiger partial charge in [0.1, 0.15) is 11.3 Å². The topological polar surface area (TPSA) is 72.1 Å². The van der Waals surface area contributed by atoms with Crippen LogP contribution in [0.1, 0.15) is 31.2 Å². The first-order chi connectivity index (χ1) is 13.1. The van der Waals surface area contributed by atoms with Gasteiger partial charge in [-0.1, -0.05) is 18.2 Å². The lowest BCUT2D eigenvalue weighted by Gasteiger charge is -2.14. The first-order valence-electron chi connectivity index (χ1n) is 9.08. The van der Waals surface area contributed by atoms with Crippen LogP contribution in [-0.4, -0.2) is 15.8 Å². The van der Waals surface area contributed by atoms with Crippen molar-refractivity contribution in [2.75, 3.05) is 5.32 Å². The summed E-state index contributed by atoms with van der Waals surface area (Å²) in [4.78, 5) is 12.5. The summed E-state index contributed by atoms with van der Waals surface area (Å²) in [7, 11) is 0. The molecule has 4 aromatic rings. The second kappa shape index (κ2) is 6.79. The highest BCUT2D eigenvalue weighted by Gasteiger charge is 2.18. The van der Waals surface area contributed by atoms with Gasteiger partial charge in [0.05, 0.1) is 17.8 Å². The molecule has 2 aromatic heterocycles. The Morgan fingerprint density at radius 2 is 2.07 bits per heavy atom. The van der Waals surface area contributed by atoms with Crippen molar-refractivity contribution in [3.05, 3.63) is 60.0 Å². The number of rotatable bonds is 4. The van der Waals surface area contributed by atoms with Crippen LogP contribution < -0.4 is 10.6 Å². The number of nitrogens with one attached hydrogen (secondary N) is 2. The van der Waals surface area contributed by atoms with Crippen LogP contribution in [0, 0.1) is 6.92 Å². The van der Waals surface area contributed by atoms with Crippen molar-refractivity contribution < 1.29 is 9.21 Å². The zero-order valence-corrected chi connectivity index (χ0v) is 15.6. The number of carbonyl (C=O) groups is 1. The van der Waals surface area contributed by atoms with Crippen LogP contribution in [0.3, 0.4) is 0 Å². The maximum Gasteiger partial charge on any atom is 0.319 e. The summed E-state index contributed by atoms with van der Waals surface area (Å²) < 4.78 is 7.84. The Labute approximate surface area is 157 Å². The molecule has 27 heavy (non-hydrogen) atoms. The number of hydrogen-bond donors (Lipinski definition) is 2. The van der Waals surface area contributed by atoms with E-state index in [0.29, 0.717) is 0 Å². The molecule has 2 aromatic carbocycles. The number of aryl methyl sites for hydroxylation is 2. The Balaban J connectivity index is 1.50. The normalized spacial score (nSPS) is 12.4. The minimum atomic E-state index is -0.274. The second-order valence-corrected chi connectivity index (χ2v) is 6.64. The number of hydrogen-bond acceptors (Lipinski definition) is 3. The van der Waals surface area contributed by atoms with Gasteiger partial charge in [0.25, 0.3) is 0 Å². The number of anilines is 1. The van der Waals surface area contributed by atoms with E-state index in [4.69, 9.17) is 4.42 Å². The van der Waals surface area contributed by atoms with Gasteiger partial charge < -0.3 is 15.1 Å². The molecule has 6 nitrogen and oxygen atoms in total. The predicted octanol–water partition coefficient (Wildman–Crippen LogP) is 4.99. The third-order valence-electron chi connectivity index (χ3n) is 4.82. The van der Waals surface area contributed by atoms with Crippen LogP contribution >= 0.6 is 0 Å². The average Bonchev–Trinajstić information content (AvgIpc) is 3.22. The van der Waals surface area contributed by atoms with E-state index in [0.717, 1.165) is 45.4 Å². The van der Waals surface area contributed by atoms with Gasteiger partial charge in [0.15, 0.2) is 0 Å². The minimum Gasteiger partial charge on any atom is -0.459 e. The van der Waals surface area contributed by atoms with Crippen molar-refractivity contribution in [3.63, 3.8) is 0 Å². The molecule has 0 bridgehead atoms. The third-order valence-corrected chi connectivity index (χ3v) is 4.82. The Bertz CT molecular complexity index is 1130. The molecule has 0 saturated carbocycles. The molecular formula is C21H22N4O2. The molecule has 0 spiro atoms. The number of nitrogens with zero attached hydrogens (tertiary/aromatic N) is 2.